The summed E-state index contributed by atoms with van der Waals surface area (Å²) >= 11 is 1.88. The van der Waals surface area contributed by atoms with Gasteiger partial charge >= 0.3 is 11.9 Å². The quantitative estimate of drug-likeness (QED) is 0.0272. The molecule has 0 saturated carbocycles. The van der Waals surface area contributed by atoms with E-state index in [4.69, 9.17) is 28.4 Å². The summed E-state index contributed by atoms with van der Waals surface area (Å²) in [6.45, 7) is 32.7. The van der Waals surface area contributed by atoms with Gasteiger partial charge in [0.25, 0.3) is 0 Å². The number of fused-ring (bicyclic) bond motifs is 6. The molecule has 1 aliphatic carbocycles. The average Bonchev–Trinajstić information content (AvgIpc) is 1.53. The second-order valence-corrected chi connectivity index (χ2v) is 35.3. The molecule has 126 heavy (non-hydrogen) atoms. The maximum atomic E-state index is 13.7. The molecule has 0 unspecified atom stereocenters. The number of benzene rings is 12. The number of hydrogen-bond acceptors (Lipinski definition) is 11. The monoisotopic (exact) mass is 1700 g/mol. The summed E-state index contributed by atoms with van der Waals surface area (Å²) in [7, 11) is 0. The molecule has 0 atom stereocenters. The Kier molecular flexibility index (Phi) is 34.8. The minimum atomic E-state index is -0.884. The summed E-state index contributed by atoms with van der Waals surface area (Å²) in [4.78, 5) is 31.9. The molecule has 12 aromatic carbocycles. The molecule has 0 amide bonds. The summed E-state index contributed by atoms with van der Waals surface area (Å²) in [5.74, 6) is 2.23. The summed E-state index contributed by atoms with van der Waals surface area (Å²) in [5.41, 5.74) is 25.0. The highest BCUT2D eigenvalue weighted by molar-refractivity contribution is 7.25. The van der Waals surface area contributed by atoms with Crippen molar-refractivity contribution in [2.45, 2.75) is 231 Å². The van der Waals surface area contributed by atoms with Crippen LogP contribution in [0.1, 0.15) is 257 Å². The highest BCUT2D eigenvalue weighted by atomic mass is 32.1. The Labute approximate surface area is 756 Å². The molecule has 1 heterocycles. The van der Waals surface area contributed by atoms with Crippen LogP contribution in [0.3, 0.4) is 0 Å². The molecule has 0 bridgehead atoms. The van der Waals surface area contributed by atoms with Crippen LogP contribution in [0.5, 0.6) is 23.0 Å². The summed E-state index contributed by atoms with van der Waals surface area (Å²) in [6.07, 6.45) is 24.0. The molecular formula is C115H134N2O8S. The Morgan fingerprint density at radius 2 is 0.611 bits per heavy atom. The Morgan fingerprint density at radius 3 is 0.968 bits per heavy atom. The lowest BCUT2D eigenvalue weighted by molar-refractivity contribution is 0.0511. The van der Waals surface area contributed by atoms with Crippen molar-refractivity contribution in [2.75, 3.05) is 49.4 Å². The third-order valence-electron chi connectivity index (χ3n) is 24.1. The van der Waals surface area contributed by atoms with E-state index in [1.54, 1.807) is 0 Å². The SMILES string of the molecule is CCCCCCCCOc1cc2c(cc1C)sc1cc(C)c(OCCCCCCCC)cc12.CCCCCCOc1ccc(C2(c3ccc(OCCCCCC)c(C(=O)OCC)c3)c3cc(C)ccc3-c3ccc(C)cc32)cc1C(=O)OCC.Cc1ccc(N(c2ccc(C)cc2)c2ccc(-c3ccc(N(c4ccc(C)cc4)c4cccc(C)c4)cc3)cc2)cc1. The molecule has 1 aromatic heterocycles. The van der Waals surface area contributed by atoms with Gasteiger partial charge in [0.05, 0.1) is 45.1 Å². The van der Waals surface area contributed by atoms with Gasteiger partial charge in [-0.1, -0.05) is 280 Å². The Hall–Kier alpha value is -11.4. The smallest absolute Gasteiger partial charge is 0.341 e. The maximum absolute atomic E-state index is 13.7. The summed E-state index contributed by atoms with van der Waals surface area (Å²) in [6, 6.07) is 86.6. The minimum Gasteiger partial charge on any atom is -0.493 e. The number of rotatable bonds is 41. The van der Waals surface area contributed by atoms with E-state index < -0.39 is 17.4 Å². The van der Waals surface area contributed by atoms with Crippen LogP contribution in [0.4, 0.5) is 34.1 Å². The highest BCUT2D eigenvalue weighted by Crippen LogP contribution is 2.58. The van der Waals surface area contributed by atoms with Crippen LogP contribution in [0.15, 0.2) is 243 Å². The van der Waals surface area contributed by atoms with Crippen molar-refractivity contribution in [1.29, 1.82) is 0 Å². The molecule has 0 N–H and O–H groups in total. The van der Waals surface area contributed by atoms with Gasteiger partial charge in [0.1, 0.15) is 34.1 Å². The number of thiophene rings is 1. The number of hydrogen-bond donors (Lipinski definition) is 0. The first-order valence-corrected chi connectivity index (χ1v) is 47.6. The Morgan fingerprint density at radius 1 is 0.294 bits per heavy atom. The van der Waals surface area contributed by atoms with E-state index in [-0.39, 0.29) is 13.2 Å². The molecule has 13 aromatic rings. The molecule has 658 valence electrons. The second kappa shape index (κ2) is 46.7. The van der Waals surface area contributed by atoms with Gasteiger partial charge in [-0.05, 0) is 277 Å². The molecule has 11 heteroatoms. The van der Waals surface area contributed by atoms with Crippen LogP contribution in [-0.2, 0) is 14.9 Å². The van der Waals surface area contributed by atoms with E-state index in [1.165, 1.54) is 129 Å². The van der Waals surface area contributed by atoms with E-state index in [1.807, 2.05) is 49.4 Å². The first kappa shape index (κ1) is 93.7. The standard InChI is InChI=1S/C45H54O6.C40H36N2.C30H44O2S/c1-7-11-13-15-25-50-41-23-19-33(29-37(41)43(46)48-9-3)45(39-27-31(5)17-21-35(39)36-22-18-32(6)28-40(36)45)34-20-24-42(51-26-16-14-12-8-2)38(30-34)44(47)49-10-4;1-29-8-18-35(19-9-29)41(36-20-10-30(2)11-21-36)38-24-14-33(15-25-38)34-16-26-39(27-17-34)42(37-22-12-31(3)13-23-37)40-7-5-6-32(4)28-40;1-5-7-9-11-13-15-17-31-27-21-25-26-22-28(32-18-16-14-12-10-8-6-2)24(4)20-30(26)33-29(25)19-23(27)3/h17-24,27-30H,7-16,25-26H2,1-6H3;5-28H,1-4H3;19-22H,5-18H2,1-4H3. The Bertz CT molecular complexity index is 5410. The number of esters is 2. The van der Waals surface area contributed by atoms with Crippen molar-refractivity contribution in [1.82, 2.24) is 0 Å². The highest BCUT2D eigenvalue weighted by Gasteiger charge is 2.47. The van der Waals surface area contributed by atoms with Crippen LogP contribution >= 0.6 is 11.3 Å². The van der Waals surface area contributed by atoms with E-state index in [9.17, 15) is 9.59 Å². The van der Waals surface area contributed by atoms with Crippen molar-refractivity contribution in [2.24, 2.45) is 0 Å². The van der Waals surface area contributed by atoms with Gasteiger partial charge in [-0.2, -0.15) is 0 Å². The van der Waals surface area contributed by atoms with Crippen LogP contribution < -0.4 is 28.7 Å². The van der Waals surface area contributed by atoms with Crippen LogP contribution in [0, 0.1) is 55.4 Å². The fourth-order valence-electron chi connectivity index (χ4n) is 17.1. The molecule has 14 rings (SSSR count). The largest absolute Gasteiger partial charge is 0.493 e. The molecule has 1 aliphatic rings. The first-order valence-electron chi connectivity index (χ1n) is 46.8. The summed E-state index contributed by atoms with van der Waals surface area (Å²) < 4.78 is 38.8. The van der Waals surface area contributed by atoms with E-state index in [2.05, 4.69) is 311 Å². The lowest BCUT2D eigenvalue weighted by Gasteiger charge is -2.35. The summed E-state index contributed by atoms with van der Waals surface area (Å²) in [5, 5.41) is 2.59. The minimum absolute atomic E-state index is 0.247. The number of nitrogens with zero attached hydrogens (tertiary/aromatic N) is 2. The van der Waals surface area contributed by atoms with Gasteiger partial charge in [-0.25, -0.2) is 9.59 Å². The number of unbranched alkanes of at least 4 members (excludes halogenated alkanes) is 16. The fourth-order valence-corrected chi connectivity index (χ4v) is 18.4. The van der Waals surface area contributed by atoms with Gasteiger partial charge in [-0.15, -0.1) is 11.3 Å². The molecule has 0 radical (unpaired) electrons. The number of anilines is 6. The van der Waals surface area contributed by atoms with Gasteiger partial charge in [0.15, 0.2) is 0 Å². The third-order valence-corrected chi connectivity index (χ3v) is 25.2. The van der Waals surface area contributed by atoms with Crippen molar-refractivity contribution >= 4 is 77.6 Å². The number of carbonyl (C=O) groups excluding carboxylic acids is 2. The zero-order valence-corrected chi connectivity index (χ0v) is 78.4. The molecule has 0 fully saturated rings. The van der Waals surface area contributed by atoms with Crippen LogP contribution in [0.25, 0.3) is 42.4 Å². The lowest BCUT2D eigenvalue weighted by Crippen LogP contribution is -2.30. The average molecular weight is 1700 g/mol. The van der Waals surface area contributed by atoms with Crippen molar-refractivity contribution in [3.8, 4) is 45.3 Å². The zero-order chi connectivity index (χ0) is 88.9. The van der Waals surface area contributed by atoms with Crippen LogP contribution in [0.2, 0.25) is 0 Å². The van der Waals surface area contributed by atoms with Gasteiger partial charge in [0.2, 0.25) is 0 Å². The molecular weight excluding hydrogens is 1570 g/mol. The lowest BCUT2D eigenvalue weighted by atomic mass is 9.66. The number of carbonyl (C=O) groups is 2. The van der Waals surface area contributed by atoms with Gasteiger partial charge < -0.3 is 38.2 Å². The maximum Gasteiger partial charge on any atom is 0.341 e. The van der Waals surface area contributed by atoms with Crippen molar-refractivity contribution < 1.29 is 38.0 Å². The van der Waals surface area contributed by atoms with Gasteiger partial charge in [-0.3, -0.25) is 0 Å². The molecule has 0 saturated heterocycles. The fraction of sp³-hybridized carbons (Fsp3) is 0.357. The van der Waals surface area contributed by atoms with Crippen molar-refractivity contribution in [3.63, 3.8) is 0 Å². The van der Waals surface area contributed by atoms with Gasteiger partial charge in [0, 0.05) is 54.3 Å². The molecule has 0 spiro atoms. The topological polar surface area (TPSA) is 96.0 Å². The predicted octanol–water partition coefficient (Wildman–Crippen LogP) is 32.6. The molecule has 0 aliphatic heterocycles. The second-order valence-electron chi connectivity index (χ2n) is 34.2. The molecule has 10 nitrogen and oxygen atoms in total. The van der Waals surface area contributed by atoms with E-state index in [0.717, 1.165) is 168 Å². The predicted molar refractivity (Wildman–Crippen MR) is 531 cm³/mol. The van der Waals surface area contributed by atoms with Crippen molar-refractivity contribution in [3.05, 3.63) is 321 Å². The van der Waals surface area contributed by atoms with E-state index >= 15 is 0 Å². The third kappa shape index (κ3) is 23.8. The van der Waals surface area contributed by atoms with Crippen LogP contribution in [-0.4, -0.2) is 51.6 Å². The number of aryl methyl sites for hydroxylation is 8. The Balaban J connectivity index is 0.000000176. The normalized spacial score (nSPS) is 11.7. The zero-order valence-electron chi connectivity index (χ0n) is 77.5. The van der Waals surface area contributed by atoms with E-state index in [0.29, 0.717) is 35.8 Å². The first-order chi connectivity index (χ1) is 61.4. The number of ether oxygens (including phenoxy) is 6.